The van der Waals surface area contributed by atoms with Crippen molar-refractivity contribution in [3.8, 4) is 0 Å². The van der Waals surface area contributed by atoms with Crippen LogP contribution in [0, 0.1) is 0 Å². The molecule has 0 saturated heterocycles. The van der Waals surface area contributed by atoms with Crippen LogP contribution in [-0.4, -0.2) is 34.3 Å². The zero-order valence-electron chi connectivity index (χ0n) is 16.3. The van der Waals surface area contributed by atoms with Crippen molar-refractivity contribution in [3.05, 3.63) is 59.9 Å². The summed E-state index contributed by atoms with van der Waals surface area (Å²) in [6.07, 6.45) is 4.28. The van der Waals surface area contributed by atoms with Crippen molar-refractivity contribution >= 4 is 12.2 Å². The van der Waals surface area contributed by atoms with E-state index in [0.29, 0.717) is 0 Å². The van der Waals surface area contributed by atoms with Crippen LogP contribution in [0.4, 0.5) is 9.59 Å². The van der Waals surface area contributed by atoms with Gasteiger partial charge in [-0.15, -0.1) is 0 Å². The predicted molar refractivity (Wildman–Crippen MR) is 101 cm³/mol. The maximum atomic E-state index is 12.4. The number of aromatic nitrogens is 1. The Balaban J connectivity index is 1.66. The highest BCUT2D eigenvalue weighted by atomic mass is 16.6. The molecular weight excluding hydrogens is 344 g/mol. The van der Waals surface area contributed by atoms with Crippen molar-refractivity contribution in [2.45, 2.75) is 51.4 Å². The zero-order valence-corrected chi connectivity index (χ0v) is 16.3. The molecule has 0 spiro atoms. The van der Waals surface area contributed by atoms with E-state index in [4.69, 9.17) is 9.47 Å². The molecule has 1 amide bonds. The van der Waals surface area contributed by atoms with Crippen LogP contribution in [0.25, 0.3) is 0 Å². The molecule has 6 nitrogen and oxygen atoms in total. The minimum absolute atomic E-state index is 0.218. The lowest BCUT2D eigenvalue weighted by Gasteiger charge is -2.30. The van der Waals surface area contributed by atoms with Crippen LogP contribution in [0.5, 0.6) is 0 Å². The fraction of sp³-hybridized carbons (Fsp3) is 0.429. The number of carbonyl (C=O) groups is 2. The highest BCUT2D eigenvalue weighted by Crippen LogP contribution is 2.50. The molecule has 2 aromatic rings. The summed E-state index contributed by atoms with van der Waals surface area (Å²) >= 11 is 0. The lowest BCUT2D eigenvalue weighted by molar-refractivity contribution is 0.0190. The molecule has 1 heterocycles. The lowest BCUT2D eigenvalue weighted by atomic mass is 10.1. The smallest absolute Gasteiger partial charge is 0.418 e. The van der Waals surface area contributed by atoms with Crippen LogP contribution in [0.1, 0.15) is 44.7 Å². The first-order valence-electron chi connectivity index (χ1n) is 9.08. The Morgan fingerprint density at radius 2 is 1.81 bits per heavy atom. The summed E-state index contributed by atoms with van der Waals surface area (Å²) in [5.74, 6) is 0. The summed E-state index contributed by atoms with van der Waals surface area (Å²) in [4.78, 5) is 26.4. The van der Waals surface area contributed by atoms with Gasteiger partial charge in [0.1, 0.15) is 12.2 Å². The first kappa shape index (κ1) is 19.0. The molecule has 0 N–H and O–H groups in total. The van der Waals surface area contributed by atoms with Gasteiger partial charge in [-0.3, -0.25) is 4.57 Å². The fourth-order valence-electron chi connectivity index (χ4n) is 3.02. The molecule has 1 fully saturated rings. The average Bonchev–Trinajstić information content (AvgIpc) is 3.27. The van der Waals surface area contributed by atoms with Crippen molar-refractivity contribution < 1.29 is 19.1 Å². The van der Waals surface area contributed by atoms with Crippen molar-refractivity contribution in [2.24, 2.45) is 0 Å². The third kappa shape index (κ3) is 4.32. The number of ether oxygens (including phenoxy) is 2. The van der Waals surface area contributed by atoms with Gasteiger partial charge in [-0.1, -0.05) is 30.3 Å². The normalized spacial score (nSPS) is 15.1. The molecule has 1 aliphatic rings. The molecule has 1 aromatic carbocycles. The minimum Gasteiger partial charge on any atom is -0.444 e. The Hall–Kier alpha value is -2.76. The van der Waals surface area contributed by atoms with Crippen molar-refractivity contribution in [3.63, 3.8) is 0 Å². The maximum Gasteiger partial charge on any atom is 0.418 e. The highest BCUT2D eigenvalue weighted by molar-refractivity contribution is 5.72. The van der Waals surface area contributed by atoms with Crippen LogP contribution < -0.4 is 0 Å². The minimum atomic E-state index is -0.547. The largest absolute Gasteiger partial charge is 0.444 e. The predicted octanol–water partition coefficient (Wildman–Crippen LogP) is 4.53. The van der Waals surface area contributed by atoms with E-state index < -0.39 is 17.2 Å². The van der Waals surface area contributed by atoms with E-state index in [0.717, 1.165) is 24.0 Å². The molecule has 0 atom stereocenters. The number of hydrogen-bond donors (Lipinski definition) is 0. The highest BCUT2D eigenvalue weighted by Gasteiger charge is 2.51. The molecule has 0 radical (unpaired) electrons. The quantitative estimate of drug-likeness (QED) is 0.793. The van der Waals surface area contributed by atoms with Gasteiger partial charge in [0.15, 0.2) is 0 Å². The van der Waals surface area contributed by atoms with E-state index in [9.17, 15) is 9.59 Å². The van der Waals surface area contributed by atoms with Crippen molar-refractivity contribution in [1.29, 1.82) is 0 Å². The van der Waals surface area contributed by atoms with Gasteiger partial charge in [0.2, 0.25) is 0 Å². The van der Waals surface area contributed by atoms with E-state index in [2.05, 4.69) is 0 Å². The molecule has 6 heteroatoms. The van der Waals surface area contributed by atoms with Gasteiger partial charge >= 0.3 is 12.2 Å². The van der Waals surface area contributed by atoms with Crippen molar-refractivity contribution in [2.75, 3.05) is 7.05 Å². The number of rotatable bonds is 4. The second-order valence-electron chi connectivity index (χ2n) is 7.92. The summed E-state index contributed by atoms with van der Waals surface area (Å²) < 4.78 is 12.2. The second-order valence-corrected chi connectivity index (χ2v) is 7.92. The molecule has 0 aliphatic heterocycles. The van der Waals surface area contributed by atoms with E-state index >= 15 is 0 Å². The van der Waals surface area contributed by atoms with Crippen LogP contribution in [-0.2, 0) is 21.6 Å². The Labute approximate surface area is 159 Å². The van der Waals surface area contributed by atoms with Gasteiger partial charge in [0, 0.05) is 19.4 Å². The summed E-state index contributed by atoms with van der Waals surface area (Å²) in [5, 5.41) is 0. The molecule has 27 heavy (non-hydrogen) atoms. The van der Waals surface area contributed by atoms with Gasteiger partial charge < -0.3 is 14.4 Å². The van der Waals surface area contributed by atoms with E-state index in [1.54, 1.807) is 24.3 Å². The Kier molecular flexibility index (Phi) is 5.00. The molecule has 1 aliphatic carbocycles. The summed E-state index contributed by atoms with van der Waals surface area (Å²) in [7, 11) is 1.74. The van der Waals surface area contributed by atoms with E-state index in [1.807, 2.05) is 57.2 Å². The van der Waals surface area contributed by atoms with Crippen LogP contribution in [0.2, 0.25) is 0 Å². The Bertz CT molecular complexity index is 816. The summed E-state index contributed by atoms with van der Waals surface area (Å²) in [6.45, 7) is 5.75. The monoisotopic (exact) mass is 370 g/mol. The Morgan fingerprint density at radius 3 is 2.41 bits per heavy atom. The van der Waals surface area contributed by atoms with E-state index in [1.165, 1.54) is 4.57 Å². The van der Waals surface area contributed by atoms with Gasteiger partial charge in [0.25, 0.3) is 0 Å². The van der Waals surface area contributed by atoms with Gasteiger partial charge in [0.05, 0.1) is 5.54 Å². The third-order valence-corrected chi connectivity index (χ3v) is 4.68. The third-order valence-electron chi connectivity index (χ3n) is 4.68. The molecule has 0 bridgehead atoms. The molecule has 1 aromatic heterocycles. The second kappa shape index (κ2) is 7.10. The molecule has 144 valence electrons. The molecular formula is C21H26N2O4. The van der Waals surface area contributed by atoms with Gasteiger partial charge in [-0.25, -0.2) is 9.59 Å². The Morgan fingerprint density at radius 1 is 1.15 bits per heavy atom. The van der Waals surface area contributed by atoms with Gasteiger partial charge in [-0.05, 0) is 50.8 Å². The summed E-state index contributed by atoms with van der Waals surface area (Å²) in [5.41, 5.74) is 0.885. The van der Waals surface area contributed by atoms with Gasteiger partial charge in [-0.2, -0.15) is 0 Å². The number of hydrogen-bond acceptors (Lipinski definition) is 4. The lowest BCUT2D eigenvalue weighted by Crippen LogP contribution is -2.40. The standard InChI is InChI=1S/C21H26N2O4/c1-20(2,3)27-18(24)22(4)21(11-12-21)17-10-13-23(14-17)19(25)26-15-16-8-6-5-7-9-16/h5-10,13-14H,11-12,15H2,1-4H3. The maximum absolute atomic E-state index is 12.4. The van der Waals surface area contributed by atoms with Crippen LogP contribution >= 0.6 is 0 Å². The number of nitrogens with zero attached hydrogens (tertiary/aromatic N) is 2. The first-order valence-corrected chi connectivity index (χ1v) is 9.08. The molecule has 0 unspecified atom stereocenters. The van der Waals surface area contributed by atoms with Crippen LogP contribution in [0.15, 0.2) is 48.8 Å². The fourth-order valence-corrected chi connectivity index (χ4v) is 3.02. The summed E-state index contributed by atoms with van der Waals surface area (Å²) in [6, 6.07) is 11.4. The van der Waals surface area contributed by atoms with E-state index in [-0.39, 0.29) is 12.7 Å². The average molecular weight is 370 g/mol. The topological polar surface area (TPSA) is 60.8 Å². The first-order chi connectivity index (χ1) is 12.7. The number of benzene rings is 1. The van der Waals surface area contributed by atoms with Crippen molar-refractivity contribution in [1.82, 2.24) is 9.47 Å². The molecule has 3 rings (SSSR count). The number of carbonyl (C=O) groups excluding carboxylic acids is 2. The SMILES string of the molecule is CN(C(=O)OC(C)(C)C)C1(c2ccn(C(=O)OCc3ccccc3)c2)CC1. The number of amides is 1. The molecule has 1 saturated carbocycles. The van der Waals surface area contributed by atoms with Crippen LogP contribution in [0.3, 0.4) is 0 Å². The zero-order chi connectivity index (χ0) is 19.7.